The Kier molecular flexibility index (Phi) is 5.69. The van der Waals surface area contributed by atoms with E-state index in [0.29, 0.717) is 17.9 Å². The lowest BCUT2D eigenvalue weighted by atomic mass is 10.1. The summed E-state index contributed by atoms with van der Waals surface area (Å²) in [5.41, 5.74) is 1.63. The summed E-state index contributed by atoms with van der Waals surface area (Å²) >= 11 is 1.72. The molecule has 0 aromatic heterocycles. The molecule has 0 unspecified atom stereocenters. The predicted octanol–water partition coefficient (Wildman–Crippen LogP) is 3.53. The van der Waals surface area contributed by atoms with Gasteiger partial charge >= 0.3 is 0 Å². The molecule has 0 radical (unpaired) electrons. The first-order chi connectivity index (χ1) is 10.2. The number of aryl methyl sites for hydroxylation is 1. The SMILES string of the molecule is COc1ccc(C)cc1C(=O)NCCSc1ccccc1. The van der Waals surface area contributed by atoms with Gasteiger partial charge in [0, 0.05) is 17.2 Å². The van der Waals surface area contributed by atoms with Gasteiger partial charge in [-0.05, 0) is 31.2 Å². The fourth-order valence-electron chi connectivity index (χ4n) is 1.94. The quantitative estimate of drug-likeness (QED) is 0.655. The zero-order valence-corrected chi connectivity index (χ0v) is 13.1. The van der Waals surface area contributed by atoms with E-state index in [4.69, 9.17) is 4.74 Å². The van der Waals surface area contributed by atoms with E-state index in [2.05, 4.69) is 17.4 Å². The first-order valence-corrected chi connectivity index (χ1v) is 7.80. The molecule has 2 rings (SSSR count). The van der Waals surface area contributed by atoms with E-state index in [9.17, 15) is 4.79 Å². The van der Waals surface area contributed by atoms with Crippen molar-refractivity contribution in [1.82, 2.24) is 5.32 Å². The van der Waals surface area contributed by atoms with Crippen molar-refractivity contribution < 1.29 is 9.53 Å². The lowest BCUT2D eigenvalue weighted by Crippen LogP contribution is -2.26. The number of ether oxygens (including phenoxy) is 1. The number of benzene rings is 2. The van der Waals surface area contributed by atoms with Gasteiger partial charge in [0.1, 0.15) is 5.75 Å². The van der Waals surface area contributed by atoms with E-state index >= 15 is 0 Å². The second-order valence-corrected chi connectivity index (χ2v) is 5.79. The topological polar surface area (TPSA) is 38.3 Å². The highest BCUT2D eigenvalue weighted by Gasteiger charge is 2.11. The van der Waals surface area contributed by atoms with Gasteiger partial charge < -0.3 is 10.1 Å². The maximum Gasteiger partial charge on any atom is 0.255 e. The summed E-state index contributed by atoms with van der Waals surface area (Å²) < 4.78 is 5.23. The Hall–Kier alpha value is -1.94. The van der Waals surface area contributed by atoms with Crippen LogP contribution in [0.5, 0.6) is 5.75 Å². The Morgan fingerprint density at radius 3 is 2.67 bits per heavy atom. The number of nitrogens with one attached hydrogen (secondary N) is 1. The molecule has 0 fully saturated rings. The van der Waals surface area contributed by atoms with Gasteiger partial charge in [0.05, 0.1) is 12.7 Å². The third-order valence-corrected chi connectivity index (χ3v) is 4.01. The van der Waals surface area contributed by atoms with Crippen molar-refractivity contribution in [2.24, 2.45) is 0 Å². The van der Waals surface area contributed by atoms with E-state index in [1.807, 2.05) is 43.3 Å². The molecule has 110 valence electrons. The third-order valence-electron chi connectivity index (χ3n) is 3.00. The fourth-order valence-corrected chi connectivity index (χ4v) is 2.73. The van der Waals surface area contributed by atoms with Gasteiger partial charge in [-0.1, -0.05) is 29.8 Å². The van der Waals surface area contributed by atoms with E-state index < -0.39 is 0 Å². The minimum absolute atomic E-state index is 0.0933. The third kappa shape index (κ3) is 4.53. The molecule has 0 aliphatic heterocycles. The van der Waals surface area contributed by atoms with Crippen molar-refractivity contribution in [3.05, 3.63) is 59.7 Å². The van der Waals surface area contributed by atoms with Crippen LogP contribution in [0.4, 0.5) is 0 Å². The molecule has 1 N–H and O–H groups in total. The Bertz CT molecular complexity index is 599. The summed E-state index contributed by atoms with van der Waals surface area (Å²) in [5.74, 6) is 1.35. The lowest BCUT2D eigenvalue weighted by Gasteiger charge is -2.10. The maximum absolute atomic E-state index is 12.2. The Morgan fingerprint density at radius 1 is 1.19 bits per heavy atom. The molecule has 3 nitrogen and oxygen atoms in total. The van der Waals surface area contributed by atoms with Crippen molar-refractivity contribution >= 4 is 17.7 Å². The smallest absolute Gasteiger partial charge is 0.255 e. The van der Waals surface area contributed by atoms with Crippen molar-refractivity contribution in [3.8, 4) is 5.75 Å². The summed E-state index contributed by atoms with van der Waals surface area (Å²) in [7, 11) is 1.58. The number of carbonyl (C=O) groups excluding carboxylic acids is 1. The predicted molar refractivity (Wildman–Crippen MR) is 87.2 cm³/mol. The average molecular weight is 301 g/mol. The first-order valence-electron chi connectivity index (χ1n) is 6.81. The zero-order valence-electron chi connectivity index (χ0n) is 12.3. The molecule has 0 heterocycles. The molecule has 0 saturated carbocycles. The van der Waals surface area contributed by atoms with Crippen LogP contribution in [0, 0.1) is 6.92 Å². The molecule has 2 aromatic rings. The normalized spacial score (nSPS) is 10.2. The maximum atomic E-state index is 12.2. The Morgan fingerprint density at radius 2 is 1.95 bits per heavy atom. The molecule has 2 aromatic carbocycles. The lowest BCUT2D eigenvalue weighted by molar-refractivity contribution is 0.0953. The molecular formula is C17H19NO2S. The van der Waals surface area contributed by atoms with E-state index in [1.54, 1.807) is 18.9 Å². The molecular weight excluding hydrogens is 282 g/mol. The second-order valence-electron chi connectivity index (χ2n) is 4.62. The average Bonchev–Trinajstić information content (AvgIpc) is 2.52. The van der Waals surface area contributed by atoms with Crippen LogP contribution in [-0.4, -0.2) is 25.3 Å². The monoisotopic (exact) mass is 301 g/mol. The van der Waals surface area contributed by atoms with E-state index in [0.717, 1.165) is 11.3 Å². The van der Waals surface area contributed by atoms with Gasteiger partial charge in [0.2, 0.25) is 0 Å². The number of hydrogen-bond donors (Lipinski definition) is 1. The number of carbonyl (C=O) groups is 1. The number of amides is 1. The van der Waals surface area contributed by atoms with Crippen LogP contribution in [0.25, 0.3) is 0 Å². The molecule has 1 amide bonds. The van der Waals surface area contributed by atoms with Crippen LogP contribution in [0.2, 0.25) is 0 Å². The summed E-state index contributed by atoms with van der Waals surface area (Å²) in [5, 5.41) is 2.93. The molecule has 0 aliphatic carbocycles. The summed E-state index contributed by atoms with van der Waals surface area (Å²) in [6.45, 7) is 2.58. The van der Waals surface area contributed by atoms with Gasteiger partial charge in [0.25, 0.3) is 5.91 Å². The molecule has 21 heavy (non-hydrogen) atoms. The highest BCUT2D eigenvalue weighted by molar-refractivity contribution is 7.99. The number of thioether (sulfide) groups is 1. The van der Waals surface area contributed by atoms with Crippen LogP contribution in [-0.2, 0) is 0 Å². The van der Waals surface area contributed by atoms with Crippen LogP contribution >= 0.6 is 11.8 Å². The second kappa shape index (κ2) is 7.74. The number of hydrogen-bond acceptors (Lipinski definition) is 3. The standard InChI is InChI=1S/C17H19NO2S/c1-13-8-9-16(20-2)15(12-13)17(19)18-10-11-21-14-6-4-3-5-7-14/h3-9,12H,10-11H2,1-2H3,(H,18,19). The summed E-state index contributed by atoms with van der Waals surface area (Å²) in [4.78, 5) is 13.4. The van der Waals surface area contributed by atoms with Crippen LogP contribution in [0.1, 0.15) is 15.9 Å². The van der Waals surface area contributed by atoms with Crippen molar-refractivity contribution in [2.45, 2.75) is 11.8 Å². The Labute approximate surface area is 129 Å². The molecule has 0 saturated heterocycles. The van der Waals surface area contributed by atoms with Crippen LogP contribution in [0.15, 0.2) is 53.4 Å². The fraction of sp³-hybridized carbons (Fsp3) is 0.235. The molecule has 0 bridgehead atoms. The van der Waals surface area contributed by atoms with Gasteiger partial charge in [-0.3, -0.25) is 4.79 Å². The van der Waals surface area contributed by atoms with E-state index in [1.165, 1.54) is 4.90 Å². The van der Waals surface area contributed by atoms with Crippen molar-refractivity contribution in [3.63, 3.8) is 0 Å². The number of methoxy groups -OCH3 is 1. The Balaban J connectivity index is 1.86. The van der Waals surface area contributed by atoms with Gasteiger partial charge in [-0.2, -0.15) is 0 Å². The zero-order chi connectivity index (χ0) is 15.1. The van der Waals surface area contributed by atoms with Gasteiger partial charge in [0.15, 0.2) is 0 Å². The highest BCUT2D eigenvalue weighted by atomic mass is 32.2. The minimum atomic E-state index is -0.0933. The largest absolute Gasteiger partial charge is 0.496 e. The minimum Gasteiger partial charge on any atom is -0.496 e. The van der Waals surface area contributed by atoms with E-state index in [-0.39, 0.29) is 5.91 Å². The molecule has 0 spiro atoms. The number of rotatable bonds is 6. The van der Waals surface area contributed by atoms with Crippen LogP contribution in [0.3, 0.4) is 0 Å². The van der Waals surface area contributed by atoms with Crippen LogP contribution < -0.4 is 10.1 Å². The molecule has 4 heteroatoms. The van der Waals surface area contributed by atoms with Crippen molar-refractivity contribution in [2.75, 3.05) is 19.4 Å². The molecule has 0 aliphatic rings. The summed E-state index contributed by atoms with van der Waals surface area (Å²) in [6.07, 6.45) is 0. The summed E-state index contributed by atoms with van der Waals surface area (Å²) in [6, 6.07) is 15.8. The molecule has 0 atom stereocenters. The van der Waals surface area contributed by atoms with Gasteiger partial charge in [-0.15, -0.1) is 11.8 Å². The van der Waals surface area contributed by atoms with Crippen molar-refractivity contribution in [1.29, 1.82) is 0 Å². The highest BCUT2D eigenvalue weighted by Crippen LogP contribution is 2.20. The van der Waals surface area contributed by atoms with Gasteiger partial charge in [-0.25, -0.2) is 0 Å². The first kappa shape index (κ1) is 15.4.